The number of carbonyl (C=O) groups is 2. The summed E-state index contributed by atoms with van der Waals surface area (Å²) >= 11 is 0. The molecule has 20 heavy (non-hydrogen) atoms. The number of methoxy groups -OCH3 is 2. The molecule has 0 bridgehead atoms. The van der Waals surface area contributed by atoms with E-state index in [0.29, 0.717) is 11.4 Å². The van der Waals surface area contributed by atoms with Crippen LogP contribution in [0.3, 0.4) is 0 Å². The third-order valence-electron chi connectivity index (χ3n) is 2.68. The van der Waals surface area contributed by atoms with Crippen LogP contribution < -0.4 is 9.64 Å². The number of nitrogens with zero attached hydrogens (tertiary/aromatic N) is 2. The summed E-state index contributed by atoms with van der Waals surface area (Å²) in [6.45, 7) is -0.111. The Morgan fingerprint density at radius 1 is 1.25 bits per heavy atom. The fraction of sp³-hybridized carbons (Fsp3) is 0.357. The van der Waals surface area contributed by atoms with Gasteiger partial charge in [0.25, 0.3) is 0 Å². The molecule has 0 saturated carbocycles. The number of rotatable bonds is 6. The molecule has 1 amide bonds. The minimum atomic E-state index is -0.463. The lowest BCUT2D eigenvalue weighted by Crippen LogP contribution is -2.31. The van der Waals surface area contributed by atoms with Crippen LogP contribution in [0.2, 0.25) is 0 Å². The van der Waals surface area contributed by atoms with E-state index < -0.39 is 5.97 Å². The molecule has 0 aliphatic heterocycles. The van der Waals surface area contributed by atoms with Gasteiger partial charge in [-0.2, -0.15) is 5.26 Å². The third kappa shape index (κ3) is 3.99. The number of hydrogen-bond donors (Lipinski definition) is 0. The standard InChI is InChI=1S/C14H16N2O4/c1-19-12-6-4-3-5-11(12)16(10-9-15)13(17)7-8-14(18)20-2/h3-6H,7-8,10H2,1-2H3. The van der Waals surface area contributed by atoms with Crippen molar-refractivity contribution in [2.75, 3.05) is 25.7 Å². The summed E-state index contributed by atoms with van der Waals surface area (Å²) in [6, 6.07) is 8.84. The Balaban J connectivity index is 2.91. The predicted octanol–water partition coefficient (Wildman–Crippen LogP) is 1.50. The molecule has 0 aliphatic rings. The summed E-state index contributed by atoms with van der Waals surface area (Å²) in [5, 5.41) is 8.86. The van der Waals surface area contributed by atoms with Crippen molar-refractivity contribution in [1.29, 1.82) is 5.26 Å². The van der Waals surface area contributed by atoms with E-state index in [1.165, 1.54) is 19.1 Å². The molecule has 0 N–H and O–H groups in total. The van der Waals surface area contributed by atoms with Gasteiger partial charge < -0.3 is 9.47 Å². The highest BCUT2D eigenvalue weighted by molar-refractivity contribution is 5.96. The molecule has 0 aromatic heterocycles. The Bertz CT molecular complexity index is 522. The van der Waals surface area contributed by atoms with Crippen LogP contribution >= 0.6 is 0 Å². The summed E-state index contributed by atoms with van der Waals surface area (Å²) in [5.74, 6) is -0.300. The topological polar surface area (TPSA) is 79.6 Å². The number of ether oxygens (including phenoxy) is 2. The molecule has 0 radical (unpaired) electrons. The lowest BCUT2D eigenvalue weighted by molar-refractivity contribution is -0.141. The Morgan fingerprint density at radius 3 is 2.55 bits per heavy atom. The second kappa shape index (κ2) is 7.79. The first-order valence-electron chi connectivity index (χ1n) is 6.01. The van der Waals surface area contributed by atoms with Crippen LogP contribution in [0.15, 0.2) is 24.3 Å². The van der Waals surface area contributed by atoms with Gasteiger partial charge in [-0.15, -0.1) is 0 Å². The van der Waals surface area contributed by atoms with Crippen LogP contribution in [0.4, 0.5) is 5.69 Å². The van der Waals surface area contributed by atoms with Crippen LogP contribution in [0, 0.1) is 11.3 Å². The molecule has 0 heterocycles. The SMILES string of the molecule is COC(=O)CCC(=O)N(CC#N)c1ccccc1OC. The van der Waals surface area contributed by atoms with Crippen LogP contribution in [0.1, 0.15) is 12.8 Å². The molecule has 1 aromatic carbocycles. The molecule has 1 rings (SSSR count). The fourth-order valence-corrected chi connectivity index (χ4v) is 1.68. The molecule has 0 aliphatic carbocycles. The van der Waals surface area contributed by atoms with Gasteiger partial charge in [-0.1, -0.05) is 12.1 Å². The first-order valence-corrected chi connectivity index (χ1v) is 6.01. The quantitative estimate of drug-likeness (QED) is 0.581. The minimum absolute atomic E-state index is 0.0214. The number of esters is 1. The van der Waals surface area contributed by atoms with Crippen LogP contribution in [-0.4, -0.2) is 32.6 Å². The van der Waals surface area contributed by atoms with Gasteiger partial charge in [0, 0.05) is 6.42 Å². The van der Waals surface area contributed by atoms with Gasteiger partial charge in [0.15, 0.2) is 0 Å². The van der Waals surface area contributed by atoms with Crippen molar-refractivity contribution in [3.05, 3.63) is 24.3 Å². The Labute approximate surface area is 117 Å². The van der Waals surface area contributed by atoms with E-state index in [1.807, 2.05) is 6.07 Å². The molecule has 1 aromatic rings. The fourth-order valence-electron chi connectivity index (χ4n) is 1.68. The van der Waals surface area contributed by atoms with Crippen molar-refractivity contribution in [2.24, 2.45) is 0 Å². The van der Waals surface area contributed by atoms with E-state index in [0.717, 1.165) is 0 Å². The van der Waals surface area contributed by atoms with E-state index in [-0.39, 0.29) is 25.3 Å². The van der Waals surface area contributed by atoms with Crippen LogP contribution in [0.5, 0.6) is 5.75 Å². The van der Waals surface area contributed by atoms with Crippen molar-refractivity contribution in [3.8, 4) is 11.8 Å². The van der Waals surface area contributed by atoms with E-state index in [9.17, 15) is 9.59 Å². The highest BCUT2D eigenvalue weighted by Gasteiger charge is 2.19. The minimum Gasteiger partial charge on any atom is -0.495 e. The van der Waals surface area contributed by atoms with E-state index in [1.54, 1.807) is 24.3 Å². The van der Waals surface area contributed by atoms with Crippen molar-refractivity contribution < 1.29 is 19.1 Å². The van der Waals surface area contributed by atoms with Crippen LogP contribution in [0.25, 0.3) is 0 Å². The lowest BCUT2D eigenvalue weighted by atomic mass is 10.2. The van der Waals surface area contributed by atoms with E-state index >= 15 is 0 Å². The van der Waals surface area contributed by atoms with Gasteiger partial charge in [-0.25, -0.2) is 0 Å². The molecule has 6 nitrogen and oxygen atoms in total. The third-order valence-corrected chi connectivity index (χ3v) is 2.68. The van der Waals surface area contributed by atoms with Gasteiger partial charge >= 0.3 is 5.97 Å². The smallest absolute Gasteiger partial charge is 0.306 e. The first kappa shape index (κ1) is 15.5. The maximum absolute atomic E-state index is 12.1. The summed E-state index contributed by atoms with van der Waals surface area (Å²) in [4.78, 5) is 24.5. The zero-order chi connectivity index (χ0) is 15.0. The average molecular weight is 276 g/mol. The monoisotopic (exact) mass is 276 g/mol. The Kier molecular flexibility index (Phi) is 6.04. The summed E-state index contributed by atoms with van der Waals surface area (Å²) < 4.78 is 9.67. The zero-order valence-corrected chi connectivity index (χ0v) is 11.5. The maximum Gasteiger partial charge on any atom is 0.306 e. The Hall–Kier alpha value is -2.55. The van der Waals surface area contributed by atoms with Gasteiger partial charge in [-0.3, -0.25) is 14.5 Å². The van der Waals surface area contributed by atoms with Gasteiger partial charge in [-0.05, 0) is 12.1 Å². The van der Waals surface area contributed by atoms with Gasteiger partial charge in [0.2, 0.25) is 5.91 Å². The number of carbonyl (C=O) groups excluding carboxylic acids is 2. The predicted molar refractivity (Wildman–Crippen MR) is 72.2 cm³/mol. The second-order valence-corrected chi connectivity index (χ2v) is 3.89. The molecule has 0 spiro atoms. The molecule has 0 fully saturated rings. The highest BCUT2D eigenvalue weighted by atomic mass is 16.5. The van der Waals surface area contributed by atoms with Crippen molar-refractivity contribution in [2.45, 2.75) is 12.8 Å². The molecule has 0 atom stereocenters. The van der Waals surface area contributed by atoms with Gasteiger partial charge in [0.1, 0.15) is 12.3 Å². The molecule has 0 saturated heterocycles. The normalized spacial score (nSPS) is 9.45. The number of anilines is 1. The summed E-state index contributed by atoms with van der Waals surface area (Å²) in [5.41, 5.74) is 0.506. The molecule has 0 unspecified atom stereocenters. The number of para-hydroxylation sites is 2. The van der Waals surface area contributed by atoms with Crippen molar-refractivity contribution in [1.82, 2.24) is 0 Å². The number of hydrogen-bond acceptors (Lipinski definition) is 5. The molecule has 6 heteroatoms. The first-order chi connectivity index (χ1) is 9.63. The van der Waals surface area contributed by atoms with Gasteiger partial charge in [0.05, 0.1) is 32.4 Å². The van der Waals surface area contributed by atoms with Crippen molar-refractivity contribution >= 4 is 17.6 Å². The molecular formula is C14H16N2O4. The number of amides is 1. The molecule has 106 valence electrons. The summed E-state index contributed by atoms with van der Waals surface area (Å²) in [7, 11) is 2.75. The largest absolute Gasteiger partial charge is 0.495 e. The second-order valence-electron chi connectivity index (χ2n) is 3.89. The lowest BCUT2D eigenvalue weighted by Gasteiger charge is -2.21. The van der Waals surface area contributed by atoms with E-state index in [2.05, 4.69) is 4.74 Å². The van der Waals surface area contributed by atoms with E-state index in [4.69, 9.17) is 10.00 Å². The number of nitriles is 1. The maximum atomic E-state index is 12.1. The van der Waals surface area contributed by atoms with Crippen molar-refractivity contribution in [3.63, 3.8) is 0 Å². The molecular weight excluding hydrogens is 260 g/mol. The average Bonchev–Trinajstić information content (AvgIpc) is 2.49. The number of benzene rings is 1. The zero-order valence-electron chi connectivity index (χ0n) is 11.5. The van der Waals surface area contributed by atoms with Crippen LogP contribution in [-0.2, 0) is 14.3 Å². The highest BCUT2D eigenvalue weighted by Crippen LogP contribution is 2.28. The summed E-state index contributed by atoms with van der Waals surface area (Å²) in [6.07, 6.45) is -0.0428. The Morgan fingerprint density at radius 2 is 1.95 bits per heavy atom.